The maximum atomic E-state index is 13.1. The quantitative estimate of drug-likeness (QED) is 0.491. The van der Waals surface area contributed by atoms with Crippen LogP contribution >= 0.6 is 24.0 Å². The van der Waals surface area contributed by atoms with Gasteiger partial charge in [0.05, 0.1) is 10.4 Å². The number of fused-ring (bicyclic) bond motifs is 2. The van der Waals surface area contributed by atoms with Gasteiger partial charge in [-0.25, -0.2) is 14.6 Å². The van der Waals surface area contributed by atoms with Crippen LogP contribution in [0.5, 0.6) is 0 Å². The van der Waals surface area contributed by atoms with Crippen molar-refractivity contribution in [2.24, 2.45) is 5.41 Å². The topological polar surface area (TPSA) is 117 Å². The fourth-order valence-corrected chi connectivity index (χ4v) is 4.64. The van der Waals surface area contributed by atoms with Gasteiger partial charge < -0.3 is 15.6 Å². The molecule has 3 aromatic heterocycles. The van der Waals surface area contributed by atoms with Gasteiger partial charge in [0.25, 0.3) is 11.5 Å². The Labute approximate surface area is 176 Å². The second kappa shape index (κ2) is 6.36. The molecule has 1 fully saturated rings. The number of carbonyl (C=O) groups is 1. The molecule has 152 valence electrons. The number of carbonyl (C=O) groups excluding carboxylic acids is 1. The second-order valence-corrected chi connectivity index (χ2v) is 8.56. The van der Waals surface area contributed by atoms with E-state index in [1.54, 1.807) is 6.20 Å². The van der Waals surface area contributed by atoms with Gasteiger partial charge in [-0.1, -0.05) is 25.4 Å². The average molecular weight is 436 g/mol. The predicted molar refractivity (Wildman–Crippen MR) is 113 cm³/mol. The van der Waals surface area contributed by atoms with Gasteiger partial charge >= 0.3 is 0 Å². The Morgan fingerprint density at radius 3 is 2.72 bits per heavy atom. The lowest BCUT2D eigenvalue weighted by atomic mass is 9.64. The molecular formula is C18H19Cl2N7O2. The number of H-pyrrole nitrogens is 1. The van der Waals surface area contributed by atoms with E-state index >= 15 is 0 Å². The van der Waals surface area contributed by atoms with Crippen molar-refractivity contribution < 1.29 is 4.79 Å². The smallest absolute Gasteiger partial charge is 0.293 e. The molecule has 5 rings (SSSR count). The minimum atomic E-state index is -0.637. The summed E-state index contributed by atoms with van der Waals surface area (Å²) in [5, 5.41) is 6.89. The zero-order chi connectivity index (χ0) is 19.7. The number of anilines is 2. The number of amides is 1. The van der Waals surface area contributed by atoms with E-state index < -0.39 is 11.2 Å². The van der Waals surface area contributed by atoms with Crippen LogP contribution in [0.2, 0.25) is 5.02 Å². The fourth-order valence-electron chi connectivity index (χ4n) is 4.36. The lowest BCUT2D eigenvalue weighted by molar-refractivity contribution is 0.0310. The highest BCUT2D eigenvalue weighted by atomic mass is 35.5. The molecule has 11 heteroatoms. The van der Waals surface area contributed by atoms with Gasteiger partial charge in [-0.05, 0) is 30.4 Å². The van der Waals surface area contributed by atoms with Crippen molar-refractivity contribution in [1.82, 2.24) is 24.9 Å². The molecule has 9 nitrogen and oxygen atoms in total. The number of aromatic amines is 1. The van der Waals surface area contributed by atoms with Crippen molar-refractivity contribution in [3.8, 4) is 0 Å². The Kier molecular flexibility index (Phi) is 4.29. The van der Waals surface area contributed by atoms with Gasteiger partial charge in [-0.15, -0.1) is 12.4 Å². The van der Waals surface area contributed by atoms with E-state index in [4.69, 9.17) is 11.6 Å². The molecule has 0 radical (unpaired) electrons. The minimum absolute atomic E-state index is 0. The van der Waals surface area contributed by atoms with Crippen LogP contribution in [0.25, 0.3) is 11.0 Å². The molecule has 3 aromatic rings. The molecule has 1 aliphatic heterocycles. The number of rotatable bonds is 2. The van der Waals surface area contributed by atoms with Crippen LogP contribution in [-0.4, -0.2) is 31.2 Å². The molecule has 1 saturated carbocycles. The molecule has 0 atom stereocenters. The van der Waals surface area contributed by atoms with E-state index in [9.17, 15) is 9.59 Å². The van der Waals surface area contributed by atoms with Crippen LogP contribution in [0, 0.1) is 5.41 Å². The van der Waals surface area contributed by atoms with Gasteiger partial charge in [0.2, 0.25) is 0 Å². The van der Waals surface area contributed by atoms with Crippen LogP contribution in [-0.2, 0) is 0 Å². The summed E-state index contributed by atoms with van der Waals surface area (Å²) in [6.45, 7) is 4.24. The lowest BCUT2D eigenvalue weighted by Crippen LogP contribution is -2.71. The highest BCUT2D eigenvalue weighted by Gasteiger charge is 2.53. The molecule has 0 unspecified atom stereocenters. The molecule has 4 heterocycles. The van der Waals surface area contributed by atoms with Gasteiger partial charge in [-0.3, -0.25) is 15.0 Å². The van der Waals surface area contributed by atoms with Crippen molar-refractivity contribution >= 4 is 52.5 Å². The number of nitrogens with one attached hydrogen (secondary N) is 4. The minimum Gasteiger partial charge on any atom is -0.346 e. The first-order valence-corrected chi connectivity index (χ1v) is 9.26. The van der Waals surface area contributed by atoms with Gasteiger partial charge in [0, 0.05) is 6.20 Å². The molecule has 0 saturated heterocycles. The largest absolute Gasteiger partial charge is 0.346 e. The zero-order valence-electron chi connectivity index (χ0n) is 15.7. The average Bonchev–Trinajstić information content (AvgIpc) is 3.06. The van der Waals surface area contributed by atoms with Crippen LogP contribution in [0.1, 0.15) is 37.2 Å². The Balaban J connectivity index is 0.00000205. The SMILES string of the molecule is CC1(C)CC2(C1)NC(=O)c1c(Cl)cc(Nc3ncnc4[nH]ccc34)c(=O)n1N2.Cl. The summed E-state index contributed by atoms with van der Waals surface area (Å²) in [5.74, 6) is 0.109. The van der Waals surface area contributed by atoms with E-state index in [-0.39, 0.29) is 40.1 Å². The molecule has 2 aliphatic rings. The zero-order valence-corrected chi connectivity index (χ0v) is 17.2. The highest BCUT2D eigenvalue weighted by molar-refractivity contribution is 6.34. The number of aromatic nitrogens is 4. The molecule has 1 aliphatic carbocycles. The fraction of sp³-hybridized carbons (Fsp3) is 0.333. The maximum Gasteiger partial charge on any atom is 0.293 e. The summed E-state index contributed by atoms with van der Waals surface area (Å²) in [4.78, 5) is 37.1. The normalized spacial score (nSPS) is 18.2. The predicted octanol–water partition coefficient (Wildman–Crippen LogP) is 2.74. The first-order chi connectivity index (χ1) is 13.3. The summed E-state index contributed by atoms with van der Waals surface area (Å²) in [7, 11) is 0. The summed E-state index contributed by atoms with van der Waals surface area (Å²) >= 11 is 6.35. The van der Waals surface area contributed by atoms with Crippen LogP contribution in [0.4, 0.5) is 11.5 Å². The van der Waals surface area contributed by atoms with Gasteiger partial charge in [0.1, 0.15) is 34.8 Å². The summed E-state index contributed by atoms with van der Waals surface area (Å²) in [5.41, 5.74) is 3.18. The molecular weight excluding hydrogens is 417 g/mol. The first kappa shape index (κ1) is 19.5. The van der Waals surface area contributed by atoms with E-state index in [0.717, 1.165) is 5.39 Å². The first-order valence-electron chi connectivity index (χ1n) is 8.88. The highest BCUT2D eigenvalue weighted by Crippen LogP contribution is 2.48. The number of nitrogens with zero attached hydrogens (tertiary/aromatic N) is 3. The van der Waals surface area contributed by atoms with Crippen molar-refractivity contribution in [3.05, 3.63) is 45.7 Å². The Morgan fingerprint density at radius 2 is 2.00 bits per heavy atom. The lowest BCUT2D eigenvalue weighted by Gasteiger charge is -2.55. The molecule has 4 N–H and O–H groups in total. The van der Waals surface area contributed by atoms with Crippen molar-refractivity contribution in [1.29, 1.82) is 0 Å². The van der Waals surface area contributed by atoms with E-state index in [1.165, 1.54) is 17.1 Å². The third-order valence-corrected chi connectivity index (χ3v) is 5.50. The third kappa shape index (κ3) is 3.01. The monoisotopic (exact) mass is 435 g/mol. The van der Waals surface area contributed by atoms with E-state index in [2.05, 4.69) is 44.9 Å². The number of hydrogen-bond acceptors (Lipinski definition) is 6. The number of hydrogen-bond donors (Lipinski definition) is 4. The Morgan fingerprint density at radius 1 is 1.24 bits per heavy atom. The van der Waals surface area contributed by atoms with Crippen LogP contribution in [0.15, 0.2) is 29.5 Å². The summed E-state index contributed by atoms with van der Waals surface area (Å²) in [6.07, 6.45) is 4.56. The second-order valence-electron chi connectivity index (χ2n) is 8.15. The molecule has 0 aromatic carbocycles. The van der Waals surface area contributed by atoms with Crippen LogP contribution < -0.4 is 21.6 Å². The number of halogens is 2. The Hall–Kier alpha value is -2.78. The summed E-state index contributed by atoms with van der Waals surface area (Å²) in [6, 6.07) is 3.26. The molecule has 29 heavy (non-hydrogen) atoms. The number of pyridine rings is 1. The maximum absolute atomic E-state index is 13.1. The van der Waals surface area contributed by atoms with E-state index in [1.807, 2.05) is 6.07 Å². The summed E-state index contributed by atoms with van der Waals surface area (Å²) < 4.78 is 1.24. The van der Waals surface area contributed by atoms with Gasteiger partial charge in [-0.2, -0.15) is 0 Å². The standard InChI is InChI=1S/C18H18ClN7O2.ClH/c1-17(2)6-18(7-17)24-15(27)12-10(19)5-11(16(28)26(12)25-18)23-14-9-3-4-20-13(9)21-8-22-14;/h3-5,8,25H,6-7H2,1-2H3,(H,24,27)(H2,20,21,22,23);1H. The van der Waals surface area contributed by atoms with Crippen molar-refractivity contribution in [2.45, 2.75) is 32.4 Å². The van der Waals surface area contributed by atoms with E-state index in [0.29, 0.717) is 24.3 Å². The Bertz CT molecular complexity index is 1190. The van der Waals surface area contributed by atoms with Crippen LogP contribution in [0.3, 0.4) is 0 Å². The molecule has 1 amide bonds. The van der Waals surface area contributed by atoms with Crippen molar-refractivity contribution in [2.75, 3.05) is 10.7 Å². The third-order valence-electron chi connectivity index (χ3n) is 5.22. The molecule has 0 bridgehead atoms. The van der Waals surface area contributed by atoms with Crippen molar-refractivity contribution in [3.63, 3.8) is 0 Å². The van der Waals surface area contributed by atoms with Gasteiger partial charge in [0.15, 0.2) is 0 Å². The molecule has 1 spiro atoms.